The molecule has 0 saturated carbocycles. The van der Waals surface area contributed by atoms with Gasteiger partial charge in [-0.3, -0.25) is 15.2 Å². The van der Waals surface area contributed by atoms with Crippen LogP contribution >= 0.6 is 0 Å². The minimum absolute atomic E-state index is 0.165. The predicted octanol–water partition coefficient (Wildman–Crippen LogP) is 3.48. The van der Waals surface area contributed by atoms with Crippen LogP contribution in [0.1, 0.15) is 44.1 Å². The van der Waals surface area contributed by atoms with Gasteiger partial charge in [0.05, 0.1) is 18.0 Å². The van der Waals surface area contributed by atoms with E-state index in [0.717, 1.165) is 18.4 Å². The molecule has 2 aromatic heterocycles. The SMILES string of the molecule is C=CC=C(CC)C(C)NC(=O)Nc1cc2[nH]nc(OC)c2c(C(=O)N(C)CCC)n1. The first-order valence-electron chi connectivity index (χ1n) is 9.93. The molecular formula is C21H30N6O3. The molecule has 3 amide bonds. The molecule has 0 spiro atoms. The van der Waals surface area contributed by atoms with E-state index in [4.69, 9.17) is 4.74 Å². The van der Waals surface area contributed by atoms with Crippen molar-refractivity contribution in [1.82, 2.24) is 25.4 Å². The highest BCUT2D eigenvalue weighted by Gasteiger charge is 2.23. The Morgan fingerprint density at radius 3 is 2.73 bits per heavy atom. The van der Waals surface area contributed by atoms with Gasteiger partial charge in [0.2, 0.25) is 5.88 Å². The quantitative estimate of drug-likeness (QED) is 0.544. The maximum Gasteiger partial charge on any atom is 0.320 e. The third kappa shape index (κ3) is 5.16. The van der Waals surface area contributed by atoms with Crippen molar-refractivity contribution in [3.8, 4) is 5.88 Å². The summed E-state index contributed by atoms with van der Waals surface area (Å²) in [4.78, 5) is 31.4. The molecule has 30 heavy (non-hydrogen) atoms. The first kappa shape index (κ1) is 22.9. The lowest BCUT2D eigenvalue weighted by molar-refractivity contribution is 0.0791. The van der Waals surface area contributed by atoms with Crippen LogP contribution < -0.4 is 15.4 Å². The van der Waals surface area contributed by atoms with Crippen LogP contribution in [0, 0.1) is 0 Å². The molecule has 0 fully saturated rings. The van der Waals surface area contributed by atoms with E-state index in [-0.39, 0.29) is 29.3 Å². The predicted molar refractivity (Wildman–Crippen MR) is 118 cm³/mol. The number of aromatic nitrogens is 3. The van der Waals surface area contributed by atoms with Gasteiger partial charge in [-0.05, 0) is 25.3 Å². The van der Waals surface area contributed by atoms with Crippen molar-refractivity contribution >= 4 is 28.7 Å². The van der Waals surface area contributed by atoms with Crippen LogP contribution in [0.4, 0.5) is 10.6 Å². The molecule has 9 nitrogen and oxygen atoms in total. The molecule has 1 atom stereocenters. The number of urea groups is 1. The van der Waals surface area contributed by atoms with E-state index in [1.54, 1.807) is 24.1 Å². The van der Waals surface area contributed by atoms with Crippen LogP contribution in [0.25, 0.3) is 10.9 Å². The number of amides is 3. The molecule has 2 rings (SSSR count). The van der Waals surface area contributed by atoms with Gasteiger partial charge in [-0.15, -0.1) is 5.10 Å². The Morgan fingerprint density at radius 1 is 1.40 bits per heavy atom. The number of methoxy groups -OCH3 is 1. The Hall–Kier alpha value is -3.36. The van der Waals surface area contributed by atoms with Crippen LogP contribution in [-0.2, 0) is 0 Å². The van der Waals surface area contributed by atoms with Gasteiger partial charge in [0.1, 0.15) is 11.5 Å². The molecule has 0 radical (unpaired) electrons. The zero-order valence-corrected chi connectivity index (χ0v) is 18.2. The summed E-state index contributed by atoms with van der Waals surface area (Å²) < 4.78 is 5.27. The van der Waals surface area contributed by atoms with E-state index in [1.807, 2.05) is 26.8 Å². The van der Waals surface area contributed by atoms with Gasteiger partial charge >= 0.3 is 6.03 Å². The number of pyridine rings is 1. The number of rotatable bonds is 9. The Morgan fingerprint density at radius 2 is 2.13 bits per heavy atom. The zero-order valence-electron chi connectivity index (χ0n) is 18.2. The molecule has 1 unspecified atom stereocenters. The van der Waals surface area contributed by atoms with Crippen molar-refractivity contribution in [1.29, 1.82) is 0 Å². The van der Waals surface area contributed by atoms with E-state index in [0.29, 0.717) is 17.4 Å². The van der Waals surface area contributed by atoms with Crippen LogP contribution in [-0.4, -0.2) is 58.8 Å². The summed E-state index contributed by atoms with van der Waals surface area (Å²) in [6.07, 6.45) is 5.17. The normalized spacial score (nSPS) is 12.4. The van der Waals surface area contributed by atoms with E-state index in [1.165, 1.54) is 7.11 Å². The van der Waals surface area contributed by atoms with Crippen molar-refractivity contribution in [3.05, 3.63) is 36.1 Å². The minimum Gasteiger partial charge on any atom is -0.479 e. The maximum absolute atomic E-state index is 13.0. The lowest BCUT2D eigenvalue weighted by atomic mass is 10.1. The van der Waals surface area contributed by atoms with Crippen LogP contribution in [0.5, 0.6) is 5.88 Å². The molecule has 0 aliphatic rings. The second-order valence-corrected chi connectivity index (χ2v) is 6.89. The van der Waals surface area contributed by atoms with Gasteiger partial charge in [0, 0.05) is 25.7 Å². The second-order valence-electron chi connectivity index (χ2n) is 6.89. The largest absolute Gasteiger partial charge is 0.479 e. The molecule has 0 bridgehead atoms. The number of carbonyl (C=O) groups excluding carboxylic acids is 2. The number of aromatic amines is 1. The number of allylic oxidation sites excluding steroid dienone is 2. The zero-order chi connectivity index (χ0) is 22.3. The third-order valence-corrected chi connectivity index (χ3v) is 4.70. The van der Waals surface area contributed by atoms with E-state index in [2.05, 4.69) is 32.4 Å². The van der Waals surface area contributed by atoms with Crippen molar-refractivity contribution in [2.45, 2.75) is 39.7 Å². The van der Waals surface area contributed by atoms with Gasteiger partial charge in [0.15, 0.2) is 0 Å². The summed E-state index contributed by atoms with van der Waals surface area (Å²) in [7, 11) is 3.18. The molecule has 9 heteroatoms. The first-order valence-corrected chi connectivity index (χ1v) is 9.93. The molecule has 162 valence electrons. The van der Waals surface area contributed by atoms with E-state index >= 15 is 0 Å². The summed E-state index contributed by atoms with van der Waals surface area (Å²) >= 11 is 0. The number of nitrogens with zero attached hydrogens (tertiary/aromatic N) is 3. The Balaban J connectivity index is 2.34. The molecule has 0 saturated heterocycles. The van der Waals surface area contributed by atoms with Crippen molar-refractivity contribution in [2.24, 2.45) is 0 Å². The number of nitrogens with one attached hydrogen (secondary N) is 3. The molecule has 0 aromatic carbocycles. The monoisotopic (exact) mass is 414 g/mol. The van der Waals surface area contributed by atoms with Gasteiger partial charge in [-0.2, -0.15) is 0 Å². The molecule has 2 aromatic rings. The van der Waals surface area contributed by atoms with Gasteiger partial charge in [-0.1, -0.05) is 32.6 Å². The molecule has 0 aliphatic heterocycles. The number of H-pyrrole nitrogens is 1. The lowest BCUT2D eigenvalue weighted by Crippen LogP contribution is -2.37. The number of ether oxygens (including phenoxy) is 1. The fourth-order valence-corrected chi connectivity index (χ4v) is 3.16. The van der Waals surface area contributed by atoms with Gasteiger partial charge in [-0.25, -0.2) is 9.78 Å². The maximum atomic E-state index is 13.0. The fraction of sp³-hybridized carbons (Fsp3) is 0.429. The molecule has 2 heterocycles. The van der Waals surface area contributed by atoms with E-state index in [9.17, 15) is 9.59 Å². The summed E-state index contributed by atoms with van der Waals surface area (Å²) in [6, 6.07) is 1.01. The second kappa shape index (κ2) is 10.4. The average Bonchev–Trinajstić information content (AvgIpc) is 3.13. The van der Waals surface area contributed by atoms with Crippen molar-refractivity contribution < 1.29 is 14.3 Å². The topological polar surface area (TPSA) is 112 Å². The fourth-order valence-electron chi connectivity index (χ4n) is 3.16. The van der Waals surface area contributed by atoms with E-state index < -0.39 is 6.03 Å². The smallest absolute Gasteiger partial charge is 0.320 e. The summed E-state index contributed by atoms with van der Waals surface area (Å²) in [5.41, 5.74) is 1.75. The highest BCUT2D eigenvalue weighted by atomic mass is 16.5. The highest BCUT2D eigenvalue weighted by Crippen LogP contribution is 2.28. The number of fused-ring (bicyclic) bond motifs is 1. The number of carbonyl (C=O) groups is 2. The molecular weight excluding hydrogens is 384 g/mol. The highest BCUT2D eigenvalue weighted by molar-refractivity contribution is 6.07. The van der Waals surface area contributed by atoms with Crippen LogP contribution in [0.3, 0.4) is 0 Å². The molecule has 3 N–H and O–H groups in total. The molecule has 0 aliphatic carbocycles. The Kier molecular flexibility index (Phi) is 7.97. The standard InChI is InChI=1S/C21H30N6O3/c1-7-10-14(9-3)13(4)22-21(29)24-16-12-15-17(19(30-6)26-25-15)18(23-16)20(28)27(5)11-8-2/h7,10,12-13H,1,8-9,11H2,2-6H3,(H,25,26)(H2,22,23,24,29). The summed E-state index contributed by atoms with van der Waals surface area (Å²) in [6.45, 7) is 10.2. The number of anilines is 1. The number of hydrogen-bond acceptors (Lipinski definition) is 5. The Labute approximate surface area is 176 Å². The lowest BCUT2D eigenvalue weighted by Gasteiger charge is -2.18. The number of hydrogen-bond donors (Lipinski definition) is 3. The third-order valence-electron chi connectivity index (χ3n) is 4.70. The van der Waals surface area contributed by atoms with Crippen molar-refractivity contribution in [2.75, 3.05) is 26.0 Å². The first-order chi connectivity index (χ1) is 14.4. The van der Waals surface area contributed by atoms with Gasteiger partial charge in [0.25, 0.3) is 5.91 Å². The van der Waals surface area contributed by atoms with Crippen LogP contribution in [0.15, 0.2) is 30.4 Å². The van der Waals surface area contributed by atoms with Crippen LogP contribution in [0.2, 0.25) is 0 Å². The minimum atomic E-state index is -0.426. The Bertz CT molecular complexity index is 950. The summed E-state index contributed by atoms with van der Waals surface area (Å²) in [5, 5.41) is 13.0. The summed E-state index contributed by atoms with van der Waals surface area (Å²) in [5.74, 6) is 0.233. The van der Waals surface area contributed by atoms with Gasteiger partial charge < -0.3 is 15.0 Å². The van der Waals surface area contributed by atoms with Crippen molar-refractivity contribution in [3.63, 3.8) is 0 Å². The average molecular weight is 415 g/mol.